The lowest BCUT2D eigenvalue weighted by Crippen LogP contribution is -2.48. The second kappa shape index (κ2) is 9.81. The molecule has 8 heteroatoms. The van der Waals surface area contributed by atoms with Crippen LogP contribution in [0.5, 0.6) is 0 Å². The topological polar surface area (TPSA) is 118 Å². The zero-order chi connectivity index (χ0) is 21.6. The number of allylic oxidation sites excluding steroid dienone is 1. The summed E-state index contributed by atoms with van der Waals surface area (Å²) in [6.45, 7) is 2.03. The summed E-state index contributed by atoms with van der Waals surface area (Å²) in [6, 6.07) is 11.4. The maximum Gasteiger partial charge on any atom is 0.316 e. The number of nitrogens with one attached hydrogen (secondary N) is 1. The number of aliphatic imine (C=N–C) groups is 1. The molecule has 0 radical (unpaired) electrons. The van der Waals surface area contributed by atoms with Crippen molar-refractivity contribution in [3.05, 3.63) is 41.7 Å². The molecule has 30 heavy (non-hydrogen) atoms. The first-order valence-electron chi connectivity index (χ1n) is 10.1. The third-order valence-electron chi connectivity index (χ3n) is 5.59. The number of benzene rings is 1. The van der Waals surface area contributed by atoms with Crippen molar-refractivity contribution in [2.24, 2.45) is 22.1 Å². The molecule has 1 unspecified atom stereocenters. The number of hydrogen-bond donors (Lipinski definition) is 2. The Kier molecular flexibility index (Phi) is 7.16. The van der Waals surface area contributed by atoms with Crippen molar-refractivity contribution in [1.82, 2.24) is 0 Å². The number of anilines is 1. The number of thioether (sulfide) groups is 1. The second-order valence-corrected chi connectivity index (χ2v) is 8.42. The van der Waals surface area contributed by atoms with Crippen LogP contribution in [0.2, 0.25) is 0 Å². The Morgan fingerprint density at radius 1 is 1.30 bits per heavy atom. The number of nitrogens with zero attached hydrogens (tertiary/aromatic N) is 2. The first-order valence-corrected chi connectivity index (χ1v) is 11.1. The van der Waals surface area contributed by atoms with Crippen LogP contribution in [0.4, 0.5) is 5.69 Å². The molecule has 3 N–H and O–H groups in total. The van der Waals surface area contributed by atoms with Gasteiger partial charge in [-0.2, -0.15) is 5.26 Å². The molecule has 7 nitrogen and oxygen atoms in total. The summed E-state index contributed by atoms with van der Waals surface area (Å²) >= 11 is 1.17. The maximum atomic E-state index is 13.5. The summed E-state index contributed by atoms with van der Waals surface area (Å²) in [5, 5.41) is 13.3. The molecule has 158 valence electrons. The van der Waals surface area contributed by atoms with Crippen LogP contribution in [0.3, 0.4) is 0 Å². The first kappa shape index (κ1) is 21.9. The van der Waals surface area contributed by atoms with Gasteiger partial charge in [0.15, 0.2) is 0 Å². The molecular formula is C22H26N4O3S. The molecule has 1 spiro atoms. The van der Waals surface area contributed by atoms with E-state index in [1.54, 1.807) is 6.92 Å². The summed E-state index contributed by atoms with van der Waals surface area (Å²) in [4.78, 5) is 29.8. The monoisotopic (exact) mass is 426 g/mol. The highest BCUT2D eigenvalue weighted by molar-refractivity contribution is 8.14. The first-order chi connectivity index (χ1) is 14.5. The third kappa shape index (κ3) is 4.51. The third-order valence-corrected chi connectivity index (χ3v) is 6.59. The van der Waals surface area contributed by atoms with Crippen molar-refractivity contribution in [1.29, 1.82) is 5.26 Å². The molecular weight excluding hydrogens is 400 g/mol. The molecule has 1 saturated carbocycles. The minimum atomic E-state index is -0.700. The maximum absolute atomic E-state index is 13.5. The second-order valence-electron chi connectivity index (χ2n) is 7.42. The number of hydrogen-bond acceptors (Lipinski definition) is 7. The van der Waals surface area contributed by atoms with Crippen LogP contribution >= 0.6 is 11.8 Å². The molecule has 1 aliphatic heterocycles. The smallest absolute Gasteiger partial charge is 0.316 e. The van der Waals surface area contributed by atoms with Crippen molar-refractivity contribution in [2.45, 2.75) is 39.0 Å². The van der Waals surface area contributed by atoms with E-state index in [-0.39, 0.29) is 30.1 Å². The molecule has 1 aromatic carbocycles. The lowest BCUT2D eigenvalue weighted by atomic mass is 9.61. The number of esters is 1. The zero-order valence-corrected chi connectivity index (χ0v) is 17.8. The number of rotatable bonds is 5. The predicted octanol–water partition coefficient (Wildman–Crippen LogP) is 3.59. The number of amides is 1. The Labute approximate surface area is 180 Å². The molecule has 1 aliphatic carbocycles. The van der Waals surface area contributed by atoms with Crippen LogP contribution in [0.25, 0.3) is 0 Å². The van der Waals surface area contributed by atoms with Crippen molar-refractivity contribution in [3.63, 3.8) is 0 Å². The lowest BCUT2D eigenvalue weighted by molar-refractivity contribution is -0.139. The van der Waals surface area contributed by atoms with E-state index in [2.05, 4.69) is 16.4 Å². The van der Waals surface area contributed by atoms with Gasteiger partial charge in [0.05, 0.1) is 35.0 Å². The Bertz CT molecular complexity index is 899. The highest BCUT2D eigenvalue weighted by atomic mass is 32.2. The van der Waals surface area contributed by atoms with E-state index < -0.39 is 11.3 Å². The summed E-state index contributed by atoms with van der Waals surface area (Å²) in [5.74, 6) is -1.11. The minimum Gasteiger partial charge on any atom is -0.465 e. The van der Waals surface area contributed by atoms with Crippen LogP contribution < -0.4 is 11.1 Å². The van der Waals surface area contributed by atoms with Gasteiger partial charge in [-0.15, -0.1) is 0 Å². The van der Waals surface area contributed by atoms with Gasteiger partial charge in [-0.3, -0.25) is 9.59 Å². The standard InChI is InChI=1S/C22H26N4O3S/c1-2-29-17(27)14-30-21-18(20(28)25-15-9-5-3-6-10-15)22(11-7-4-8-12-22)16(13-23)19(24)26-21/h3,5-6,9-10,18H,2,4,7-8,11-12,14,24H2,1H3,(H,25,28). The van der Waals surface area contributed by atoms with Crippen LogP contribution in [0.1, 0.15) is 39.0 Å². The molecule has 1 fully saturated rings. The Morgan fingerprint density at radius 2 is 2.00 bits per heavy atom. The number of nitrogens with two attached hydrogens (primary N) is 1. The number of nitriles is 1. The van der Waals surface area contributed by atoms with Crippen molar-refractivity contribution in [3.8, 4) is 6.07 Å². The molecule has 1 amide bonds. The molecule has 3 rings (SSSR count). The number of carbonyl (C=O) groups is 2. The molecule has 1 aromatic rings. The van der Waals surface area contributed by atoms with E-state index in [1.165, 1.54) is 11.8 Å². The fourth-order valence-electron chi connectivity index (χ4n) is 4.32. The normalized spacial score (nSPS) is 20.3. The largest absolute Gasteiger partial charge is 0.465 e. The van der Waals surface area contributed by atoms with Crippen molar-refractivity contribution < 1.29 is 14.3 Å². The van der Waals surface area contributed by atoms with E-state index >= 15 is 0 Å². The Balaban J connectivity index is 1.98. The van der Waals surface area contributed by atoms with E-state index in [0.29, 0.717) is 29.1 Å². The van der Waals surface area contributed by atoms with Gasteiger partial charge in [0, 0.05) is 11.1 Å². The Morgan fingerprint density at radius 3 is 2.63 bits per heavy atom. The van der Waals surface area contributed by atoms with E-state index in [4.69, 9.17) is 10.5 Å². The van der Waals surface area contributed by atoms with E-state index in [1.807, 2.05) is 30.3 Å². The van der Waals surface area contributed by atoms with Gasteiger partial charge in [0.25, 0.3) is 0 Å². The summed E-state index contributed by atoms with van der Waals surface area (Å²) < 4.78 is 5.02. The fourth-order valence-corrected chi connectivity index (χ4v) is 5.33. The quantitative estimate of drug-likeness (QED) is 0.695. The van der Waals surface area contributed by atoms with Gasteiger partial charge in [-0.05, 0) is 31.9 Å². The molecule has 0 bridgehead atoms. The molecule has 0 aromatic heterocycles. The van der Waals surface area contributed by atoms with Gasteiger partial charge in [-0.1, -0.05) is 49.2 Å². The number of carbonyl (C=O) groups excluding carboxylic acids is 2. The van der Waals surface area contributed by atoms with Crippen molar-refractivity contribution in [2.75, 3.05) is 17.7 Å². The van der Waals surface area contributed by atoms with Crippen LogP contribution in [-0.4, -0.2) is 29.3 Å². The van der Waals surface area contributed by atoms with Gasteiger partial charge in [-0.25, -0.2) is 4.99 Å². The number of para-hydroxylation sites is 1. The highest BCUT2D eigenvalue weighted by Gasteiger charge is 2.52. The minimum absolute atomic E-state index is 0.0348. The van der Waals surface area contributed by atoms with Gasteiger partial charge >= 0.3 is 5.97 Å². The van der Waals surface area contributed by atoms with Crippen LogP contribution in [0, 0.1) is 22.7 Å². The molecule has 1 atom stereocenters. The molecule has 2 aliphatic rings. The van der Waals surface area contributed by atoms with Crippen LogP contribution in [0.15, 0.2) is 46.7 Å². The molecule has 0 saturated heterocycles. The van der Waals surface area contributed by atoms with E-state index in [0.717, 1.165) is 19.3 Å². The molecule has 1 heterocycles. The fraction of sp³-hybridized carbons (Fsp3) is 0.455. The van der Waals surface area contributed by atoms with Gasteiger partial charge < -0.3 is 15.8 Å². The van der Waals surface area contributed by atoms with Gasteiger partial charge in [0.1, 0.15) is 5.82 Å². The summed E-state index contributed by atoms with van der Waals surface area (Å²) in [7, 11) is 0. The Hall–Kier alpha value is -2.79. The van der Waals surface area contributed by atoms with E-state index in [9.17, 15) is 14.9 Å². The number of ether oxygens (including phenoxy) is 1. The van der Waals surface area contributed by atoms with Gasteiger partial charge in [0.2, 0.25) is 5.91 Å². The summed E-state index contributed by atoms with van der Waals surface area (Å²) in [5.41, 5.74) is 6.53. The zero-order valence-electron chi connectivity index (χ0n) is 17.0. The summed E-state index contributed by atoms with van der Waals surface area (Å²) in [6.07, 6.45) is 4.23. The average molecular weight is 427 g/mol. The lowest BCUT2D eigenvalue weighted by Gasteiger charge is -2.44. The highest BCUT2D eigenvalue weighted by Crippen LogP contribution is 2.52. The average Bonchev–Trinajstić information content (AvgIpc) is 2.73. The van der Waals surface area contributed by atoms with Crippen molar-refractivity contribution >= 4 is 34.4 Å². The van der Waals surface area contributed by atoms with Crippen LogP contribution in [-0.2, 0) is 14.3 Å². The SMILES string of the molecule is CCOC(=O)CSC1=NC(N)=C(C#N)C2(CCCCC2)C1C(=O)Nc1ccccc1. The predicted molar refractivity (Wildman–Crippen MR) is 117 cm³/mol.